The summed E-state index contributed by atoms with van der Waals surface area (Å²) in [6, 6.07) is 7.03. The maximum Gasteiger partial charge on any atom is 0.279 e. The van der Waals surface area contributed by atoms with Gasteiger partial charge in [-0.2, -0.15) is 5.10 Å². The highest BCUT2D eigenvalue weighted by Crippen LogP contribution is 2.46. The first-order chi connectivity index (χ1) is 18.3. The molecule has 2 aliphatic carbocycles. The molecule has 0 bridgehead atoms. The molecule has 38 heavy (non-hydrogen) atoms. The molecule has 2 saturated carbocycles. The maximum atomic E-state index is 13.6. The van der Waals surface area contributed by atoms with Crippen LogP contribution in [-0.2, 0) is 9.53 Å². The standard InChI is InChI=1S/C24H30N4O4.C3H8O.C2H6/c1-15-4-6-17(7-5-15)25-23(31)24(8-9-24)28(19-10-16(2)11-20(13-19)32-3)22(30)21-12-18(14-29)26-27-21;1-3-4-2;1-2/h10-15,17H,4-9H2,1-3H3,(H,25,31)(H,26,27);3H2,1-2H3;1-2H3. The van der Waals surface area contributed by atoms with Gasteiger partial charge in [-0.3, -0.25) is 24.4 Å². The van der Waals surface area contributed by atoms with Gasteiger partial charge in [0.05, 0.1) is 12.8 Å². The molecule has 9 nitrogen and oxygen atoms in total. The Morgan fingerprint density at radius 1 is 1.13 bits per heavy atom. The summed E-state index contributed by atoms with van der Waals surface area (Å²) in [6.07, 6.45) is 5.83. The molecule has 0 spiro atoms. The molecule has 0 atom stereocenters. The van der Waals surface area contributed by atoms with Crippen molar-refractivity contribution in [3.05, 3.63) is 41.2 Å². The summed E-state index contributed by atoms with van der Waals surface area (Å²) in [5, 5.41) is 9.78. The van der Waals surface area contributed by atoms with E-state index in [1.54, 1.807) is 20.3 Å². The molecule has 0 radical (unpaired) electrons. The highest BCUT2D eigenvalue weighted by Gasteiger charge is 2.58. The maximum absolute atomic E-state index is 13.6. The number of rotatable bonds is 8. The second kappa shape index (κ2) is 14.7. The number of aryl methyl sites for hydroxylation is 1. The first-order valence-electron chi connectivity index (χ1n) is 13.6. The number of aromatic amines is 1. The fraction of sp³-hybridized carbons (Fsp3) is 0.586. The average molecular weight is 529 g/mol. The predicted molar refractivity (Wildman–Crippen MR) is 149 cm³/mol. The van der Waals surface area contributed by atoms with Crippen LogP contribution in [0.2, 0.25) is 0 Å². The molecule has 0 unspecified atom stereocenters. The molecule has 0 saturated heterocycles. The number of methoxy groups -OCH3 is 2. The van der Waals surface area contributed by atoms with Crippen LogP contribution in [0, 0.1) is 12.8 Å². The van der Waals surface area contributed by atoms with Crippen LogP contribution in [0.1, 0.15) is 92.8 Å². The lowest BCUT2D eigenvalue weighted by Gasteiger charge is -2.34. The molecule has 2 aliphatic rings. The van der Waals surface area contributed by atoms with Crippen LogP contribution >= 0.6 is 0 Å². The Hall–Kier alpha value is -3.20. The van der Waals surface area contributed by atoms with Crippen molar-refractivity contribution in [2.75, 3.05) is 25.7 Å². The Kier molecular flexibility index (Phi) is 12.0. The number of nitrogens with one attached hydrogen (secondary N) is 2. The fourth-order valence-corrected chi connectivity index (χ4v) is 4.55. The van der Waals surface area contributed by atoms with Crippen LogP contribution in [0.5, 0.6) is 5.75 Å². The zero-order chi connectivity index (χ0) is 28.3. The number of carbonyl (C=O) groups excluding carboxylic acids is 3. The number of anilines is 1. The Labute approximate surface area is 226 Å². The molecule has 1 aromatic carbocycles. The summed E-state index contributed by atoms with van der Waals surface area (Å²) >= 11 is 0. The van der Waals surface area contributed by atoms with Gasteiger partial charge in [-0.05, 0) is 82.1 Å². The molecule has 1 aromatic heterocycles. The van der Waals surface area contributed by atoms with Crippen molar-refractivity contribution in [3.8, 4) is 5.75 Å². The van der Waals surface area contributed by atoms with Gasteiger partial charge in [-0.25, -0.2) is 0 Å². The molecule has 210 valence electrons. The lowest BCUT2D eigenvalue weighted by molar-refractivity contribution is -0.124. The normalized spacial score (nSPS) is 19.0. The second-order valence-corrected chi connectivity index (χ2v) is 9.71. The average Bonchev–Trinajstić information content (AvgIpc) is 3.58. The Bertz CT molecular complexity index is 1050. The van der Waals surface area contributed by atoms with Gasteiger partial charge in [0.1, 0.15) is 11.3 Å². The largest absolute Gasteiger partial charge is 0.497 e. The van der Waals surface area contributed by atoms with Crippen molar-refractivity contribution in [3.63, 3.8) is 0 Å². The number of aromatic nitrogens is 2. The summed E-state index contributed by atoms with van der Waals surface area (Å²) in [5.74, 6) is 0.734. The van der Waals surface area contributed by atoms with E-state index in [4.69, 9.17) is 4.74 Å². The Morgan fingerprint density at radius 2 is 1.76 bits per heavy atom. The van der Waals surface area contributed by atoms with Crippen LogP contribution in [-0.4, -0.2) is 60.7 Å². The number of aldehydes is 1. The highest BCUT2D eigenvalue weighted by molar-refractivity contribution is 6.12. The number of nitrogens with zero attached hydrogens (tertiary/aromatic N) is 2. The van der Waals surface area contributed by atoms with Crippen molar-refractivity contribution in [2.45, 2.75) is 84.7 Å². The van der Waals surface area contributed by atoms with Gasteiger partial charge in [0, 0.05) is 31.5 Å². The lowest BCUT2D eigenvalue weighted by Crippen LogP contribution is -2.54. The monoisotopic (exact) mass is 528 g/mol. The molecule has 9 heteroatoms. The number of carbonyl (C=O) groups is 3. The van der Waals surface area contributed by atoms with Gasteiger partial charge < -0.3 is 14.8 Å². The van der Waals surface area contributed by atoms with Crippen LogP contribution < -0.4 is 15.0 Å². The summed E-state index contributed by atoms with van der Waals surface area (Å²) < 4.78 is 9.95. The zero-order valence-electron chi connectivity index (χ0n) is 23.9. The number of H-pyrrole nitrogens is 1. The van der Waals surface area contributed by atoms with Crippen LogP contribution in [0.3, 0.4) is 0 Å². The molecular formula is C29H44N4O5. The van der Waals surface area contributed by atoms with Gasteiger partial charge in [0.2, 0.25) is 5.91 Å². The fourth-order valence-electron chi connectivity index (χ4n) is 4.55. The minimum absolute atomic E-state index is 0.0955. The van der Waals surface area contributed by atoms with Crippen molar-refractivity contribution < 1.29 is 23.9 Å². The van der Waals surface area contributed by atoms with E-state index >= 15 is 0 Å². The number of hydrogen-bond acceptors (Lipinski definition) is 6. The smallest absolute Gasteiger partial charge is 0.279 e. The SMILES string of the molecule is CC.CCOC.COc1cc(C)cc(N(C(=O)c2cc(C=O)[nH]n2)C2(C(=O)NC3CCC(C)CC3)CC2)c1. The molecule has 4 rings (SSSR count). The summed E-state index contributed by atoms with van der Waals surface area (Å²) in [6.45, 7) is 10.9. The third kappa shape index (κ3) is 7.66. The number of ether oxygens (including phenoxy) is 2. The van der Waals surface area contributed by atoms with E-state index in [9.17, 15) is 14.4 Å². The summed E-state index contributed by atoms with van der Waals surface area (Å²) in [7, 11) is 3.25. The number of amides is 2. The van der Waals surface area contributed by atoms with Gasteiger partial charge in [-0.1, -0.05) is 20.8 Å². The Morgan fingerprint density at radius 3 is 2.26 bits per heavy atom. The number of benzene rings is 1. The first-order valence-corrected chi connectivity index (χ1v) is 13.6. The topological polar surface area (TPSA) is 114 Å². The van der Waals surface area contributed by atoms with Gasteiger partial charge in [-0.15, -0.1) is 0 Å². The molecule has 1 heterocycles. The minimum Gasteiger partial charge on any atom is -0.497 e. The van der Waals surface area contributed by atoms with Crippen LogP contribution in [0.25, 0.3) is 0 Å². The van der Waals surface area contributed by atoms with E-state index in [1.807, 2.05) is 39.8 Å². The van der Waals surface area contributed by atoms with Crippen LogP contribution in [0.15, 0.2) is 24.3 Å². The van der Waals surface area contributed by atoms with Crippen molar-refractivity contribution in [1.82, 2.24) is 15.5 Å². The second-order valence-electron chi connectivity index (χ2n) is 9.71. The first kappa shape index (κ1) is 31.0. The Balaban J connectivity index is 0.000000773. The molecular weight excluding hydrogens is 484 g/mol. The van der Waals surface area contributed by atoms with Gasteiger partial charge in [0.25, 0.3) is 5.91 Å². The van der Waals surface area contributed by atoms with Crippen molar-refractivity contribution in [1.29, 1.82) is 0 Å². The third-order valence-corrected chi connectivity index (χ3v) is 6.89. The van der Waals surface area contributed by atoms with E-state index in [1.165, 1.54) is 11.0 Å². The molecule has 2 amide bonds. The molecule has 0 aliphatic heterocycles. The predicted octanol–water partition coefficient (Wildman–Crippen LogP) is 5.09. The van der Waals surface area contributed by atoms with Crippen molar-refractivity contribution >= 4 is 23.8 Å². The van der Waals surface area contributed by atoms with Gasteiger partial charge >= 0.3 is 0 Å². The number of hydrogen-bond donors (Lipinski definition) is 2. The van der Waals surface area contributed by atoms with Gasteiger partial charge in [0.15, 0.2) is 12.0 Å². The van der Waals surface area contributed by atoms with Crippen molar-refractivity contribution in [2.24, 2.45) is 5.92 Å². The van der Waals surface area contributed by atoms with E-state index in [2.05, 4.69) is 27.2 Å². The quantitative estimate of drug-likeness (QED) is 0.461. The van der Waals surface area contributed by atoms with E-state index in [0.29, 0.717) is 36.5 Å². The third-order valence-electron chi connectivity index (χ3n) is 6.89. The minimum atomic E-state index is -0.973. The lowest BCUT2D eigenvalue weighted by atomic mass is 9.87. The summed E-state index contributed by atoms with van der Waals surface area (Å²) in [5.41, 5.74) is 0.815. The highest BCUT2D eigenvalue weighted by atomic mass is 16.5. The summed E-state index contributed by atoms with van der Waals surface area (Å²) in [4.78, 5) is 39.8. The molecule has 2 aromatic rings. The van der Waals surface area contributed by atoms with E-state index in [0.717, 1.165) is 37.9 Å². The molecule has 2 N–H and O–H groups in total. The van der Waals surface area contributed by atoms with E-state index < -0.39 is 11.4 Å². The van der Waals surface area contributed by atoms with E-state index in [-0.39, 0.29) is 23.3 Å². The molecule has 2 fully saturated rings. The van der Waals surface area contributed by atoms with Crippen LogP contribution in [0.4, 0.5) is 5.69 Å². The zero-order valence-corrected chi connectivity index (χ0v) is 23.9.